The second-order valence-corrected chi connectivity index (χ2v) is 6.18. The first-order valence-electron chi connectivity index (χ1n) is 8.58. The van der Waals surface area contributed by atoms with Gasteiger partial charge in [-0.05, 0) is 48.2 Å². The summed E-state index contributed by atoms with van der Waals surface area (Å²) in [7, 11) is 0. The molecule has 26 heavy (non-hydrogen) atoms. The SMILES string of the molecule is Cc1cccnc1CNC(=O)NC(C)c1ccc(-c2cccnc2)cc1. The van der Waals surface area contributed by atoms with Crippen LogP contribution in [0.5, 0.6) is 0 Å². The van der Waals surface area contributed by atoms with E-state index in [2.05, 4.69) is 20.6 Å². The lowest BCUT2D eigenvalue weighted by Gasteiger charge is -2.16. The molecule has 2 aromatic heterocycles. The van der Waals surface area contributed by atoms with Crippen molar-refractivity contribution < 1.29 is 4.79 Å². The van der Waals surface area contributed by atoms with Gasteiger partial charge in [0.05, 0.1) is 18.3 Å². The van der Waals surface area contributed by atoms with Gasteiger partial charge in [-0.3, -0.25) is 9.97 Å². The van der Waals surface area contributed by atoms with Crippen LogP contribution in [0.1, 0.15) is 29.8 Å². The van der Waals surface area contributed by atoms with E-state index in [9.17, 15) is 4.79 Å². The maximum Gasteiger partial charge on any atom is 0.315 e. The Kier molecular flexibility index (Phi) is 5.59. The maximum absolute atomic E-state index is 12.1. The fraction of sp³-hybridized carbons (Fsp3) is 0.190. The van der Waals surface area contributed by atoms with Crippen LogP contribution in [0, 0.1) is 6.92 Å². The highest BCUT2D eigenvalue weighted by Crippen LogP contribution is 2.21. The minimum absolute atomic E-state index is 0.0947. The highest BCUT2D eigenvalue weighted by atomic mass is 16.2. The van der Waals surface area contributed by atoms with Gasteiger partial charge in [0.15, 0.2) is 0 Å². The zero-order valence-corrected chi connectivity index (χ0v) is 14.9. The molecule has 0 fully saturated rings. The van der Waals surface area contributed by atoms with Crippen molar-refractivity contribution in [2.75, 3.05) is 0 Å². The summed E-state index contributed by atoms with van der Waals surface area (Å²) in [6, 6.07) is 15.6. The molecule has 0 bridgehead atoms. The Balaban J connectivity index is 1.56. The first-order valence-corrected chi connectivity index (χ1v) is 8.58. The predicted molar refractivity (Wildman–Crippen MR) is 102 cm³/mol. The number of hydrogen-bond donors (Lipinski definition) is 2. The van der Waals surface area contributed by atoms with Gasteiger partial charge in [-0.2, -0.15) is 0 Å². The summed E-state index contributed by atoms with van der Waals surface area (Å²) in [4.78, 5) is 20.6. The van der Waals surface area contributed by atoms with E-state index in [0.29, 0.717) is 6.54 Å². The number of pyridine rings is 2. The molecule has 0 aliphatic heterocycles. The van der Waals surface area contributed by atoms with Crippen molar-refractivity contribution in [2.45, 2.75) is 26.4 Å². The monoisotopic (exact) mass is 346 g/mol. The van der Waals surface area contributed by atoms with Crippen LogP contribution in [0.3, 0.4) is 0 Å². The molecular formula is C21H22N4O. The number of benzene rings is 1. The van der Waals surface area contributed by atoms with E-state index in [1.807, 2.05) is 68.6 Å². The van der Waals surface area contributed by atoms with E-state index in [4.69, 9.17) is 0 Å². The summed E-state index contributed by atoms with van der Waals surface area (Å²) in [6.45, 7) is 4.35. The van der Waals surface area contributed by atoms with Crippen molar-refractivity contribution in [1.82, 2.24) is 20.6 Å². The summed E-state index contributed by atoms with van der Waals surface area (Å²) in [5.74, 6) is 0. The molecule has 5 heteroatoms. The van der Waals surface area contributed by atoms with E-state index >= 15 is 0 Å². The van der Waals surface area contributed by atoms with Crippen molar-refractivity contribution in [2.24, 2.45) is 0 Å². The summed E-state index contributed by atoms with van der Waals surface area (Å²) in [6.07, 6.45) is 5.33. The molecule has 5 nitrogen and oxygen atoms in total. The first-order chi connectivity index (χ1) is 12.6. The number of amides is 2. The van der Waals surface area contributed by atoms with Gasteiger partial charge in [-0.1, -0.05) is 36.4 Å². The summed E-state index contributed by atoms with van der Waals surface area (Å²) in [5, 5.41) is 5.81. The molecule has 1 unspecified atom stereocenters. The molecule has 132 valence electrons. The van der Waals surface area contributed by atoms with Crippen LogP contribution < -0.4 is 10.6 Å². The van der Waals surface area contributed by atoms with Crippen molar-refractivity contribution in [1.29, 1.82) is 0 Å². The van der Waals surface area contributed by atoms with Crippen LogP contribution in [0.15, 0.2) is 67.1 Å². The molecule has 0 saturated carbocycles. The molecule has 0 radical (unpaired) electrons. The highest BCUT2D eigenvalue weighted by molar-refractivity contribution is 5.74. The molecule has 2 N–H and O–H groups in total. The Hall–Kier alpha value is -3.21. The maximum atomic E-state index is 12.1. The van der Waals surface area contributed by atoms with E-state index in [0.717, 1.165) is 27.9 Å². The Morgan fingerprint density at radius 2 is 1.81 bits per heavy atom. The van der Waals surface area contributed by atoms with Gasteiger partial charge in [0.2, 0.25) is 0 Å². The number of nitrogens with zero attached hydrogens (tertiary/aromatic N) is 2. The number of nitrogens with one attached hydrogen (secondary N) is 2. The van der Waals surface area contributed by atoms with Crippen molar-refractivity contribution in [3.63, 3.8) is 0 Å². The van der Waals surface area contributed by atoms with Crippen LogP contribution >= 0.6 is 0 Å². The molecule has 2 amide bonds. The number of carbonyl (C=O) groups is 1. The van der Waals surface area contributed by atoms with Gasteiger partial charge in [-0.15, -0.1) is 0 Å². The average molecular weight is 346 g/mol. The Morgan fingerprint density at radius 3 is 2.50 bits per heavy atom. The third kappa shape index (κ3) is 4.45. The van der Waals surface area contributed by atoms with Crippen LogP contribution in [0.2, 0.25) is 0 Å². The lowest BCUT2D eigenvalue weighted by molar-refractivity contribution is 0.237. The predicted octanol–water partition coefficient (Wildman–Crippen LogP) is 4.01. The molecule has 0 spiro atoms. The fourth-order valence-corrected chi connectivity index (χ4v) is 2.70. The molecular weight excluding hydrogens is 324 g/mol. The average Bonchev–Trinajstić information content (AvgIpc) is 2.68. The second kappa shape index (κ2) is 8.25. The van der Waals surface area contributed by atoms with Gasteiger partial charge in [0, 0.05) is 18.6 Å². The third-order valence-corrected chi connectivity index (χ3v) is 4.29. The number of aromatic nitrogens is 2. The topological polar surface area (TPSA) is 66.9 Å². The molecule has 1 atom stereocenters. The highest BCUT2D eigenvalue weighted by Gasteiger charge is 2.10. The van der Waals surface area contributed by atoms with Gasteiger partial charge in [-0.25, -0.2) is 4.79 Å². The summed E-state index contributed by atoms with van der Waals surface area (Å²) in [5.41, 5.74) is 5.15. The molecule has 1 aromatic carbocycles. The quantitative estimate of drug-likeness (QED) is 0.733. The first kappa shape index (κ1) is 17.6. The van der Waals surface area contributed by atoms with E-state index in [1.165, 1.54) is 0 Å². The number of carbonyl (C=O) groups excluding carboxylic acids is 1. The lowest BCUT2D eigenvalue weighted by atomic mass is 10.0. The number of aryl methyl sites for hydroxylation is 1. The van der Waals surface area contributed by atoms with Crippen LogP contribution in [-0.4, -0.2) is 16.0 Å². The molecule has 2 heterocycles. The smallest absolute Gasteiger partial charge is 0.315 e. The van der Waals surface area contributed by atoms with E-state index < -0.39 is 0 Å². The molecule has 3 aromatic rings. The standard InChI is InChI=1S/C21H22N4O/c1-15-5-3-12-23-20(15)14-24-21(26)25-16(2)17-7-9-18(10-8-17)19-6-4-11-22-13-19/h3-13,16H,14H2,1-2H3,(H2,24,25,26). The zero-order valence-electron chi connectivity index (χ0n) is 14.9. The van der Waals surface area contributed by atoms with Crippen LogP contribution in [0.4, 0.5) is 4.79 Å². The Labute approximate surface area is 153 Å². The van der Waals surface area contributed by atoms with Crippen molar-refractivity contribution in [3.05, 3.63) is 83.9 Å². The second-order valence-electron chi connectivity index (χ2n) is 6.18. The van der Waals surface area contributed by atoms with Gasteiger partial charge < -0.3 is 10.6 Å². The van der Waals surface area contributed by atoms with Gasteiger partial charge in [0.25, 0.3) is 0 Å². The molecule has 0 aliphatic carbocycles. The van der Waals surface area contributed by atoms with Gasteiger partial charge >= 0.3 is 6.03 Å². The molecule has 0 aliphatic rings. The molecule has 3 rings (SSSR count). The fourth-order valence-electron chi connectivity index (χ4n) is 2.70. The number of hydrogen-bond acceptors (Lipinski definition) is 3. The summed E-state index contributed by atoms with van der Waals surface area (Å²) >= 11 is 0. The van der Waals surface area contributed by atoms with Crippen LogP contribution in [0.25, 0.3) is 11.1 Å². The summed E-state index contributed by atoms with van der Waals surface area (Å²) < 4.78 is 0. The third-order valence-electron chi connectivity index (χ3n) is 4.29. The van der Waals surface area contributed by atoms with Crippen molar-refractivity contribution in [3.8, 4) is 11.1 Å². The minimum Gasteiger partial charge on any atom is -0.332 e. The Morgan fingerprint density at radius 1 is 1.04 bits per heavy atom. The van der Waals surface area contributed by atoms with Gasteiger partial charge in [0.1, 0.15) is 0 Å². The van der Waals surface area contributed by atoms with E-state index in [-0.39, 0.29) is 12.1 Å². The minimum atomic E-state index is -0.209. The number of urea groups is 1. The number of rotatable bonds is 5. The van der Waals surface area contributed by atoms with E-state index in [1.54, 1.807) is 12.4 Å². The largest absolute Gasteiger partial charge is 0.332 e. The Bertz CT molecular complexity index is 863. The lowest BCUT2D eigenvalue weighted by Crippen LogP contribution is -2.36. The van der Waals surface area contributed by atoms with Crippen molar-refractivity contribution >= 4 is 6.03 Å². The zero-order chi connectivity index (χ0) is 18.4. The van der Waals surface area contributed by atoms with Crippen LogP contribution in [-0.2, 0) is 6.54 Å². The molecule has 0 saturated heterocycles. The normalized spacial score (nSPS) is 11.6.